The van der Waals surface area contributed by atoms with Gasteiger partial charge in [0.1, 0.15) is 11.6 Å². The van der Waals surface area contributed by atoms with E-state index in [9.17, 15) is 5.26 Å². The van der Waals surface area contributed by atoms with Gasteiger partial charge in [-0.1, -0.05) is 0 Å². The maximum atomic E-state index is 9.44. The average Bonchev–Trinajstić information content (AvgIpc) is 2.58. The summed E-state index contributed by atoms with van der Waals surface area (Å²) in [5, 5.41) is 17.9. The van der Waals surface area contributed by atoms with Gasteiger partial charge in [-0.25, -0.2) is 0 Å². The predicted octanol–water partition coefficient (Wildman–Crippen LogP) is 1.27. The maximum absolute atomic E-state index is 9.44. The summed E-state index contributed by atoms with van der Waals surface area (Å²) in [6.07, 6.45) is 2.22. The van der Waals surface area contributed by atoms with E-state index in [2.05, 4.69) is 26.1 Å². The third-order valence-electron chi connectivity index (χ3n) is 4.87. The van der Waals surface area contributed by atoms with Gasteiger partial charge in [0.05, 0.1) is 18.9 Å². The van der Waals surface area contributed by atoms with Crippen molar-refractivity contribution in [2.45, 2.75) is 32.7 Å². The Bertz CT molecular complexity index is 569. The van der Waals surface area contributed by atoms with Gasteiger partial charge in [-0.05, 0) is 32.3 Å². The van der Waals surface area contributed by atoms with Crippen molar-refractivity contribution in [2.75, 3.05) is 44.3 Å². The normalized spacial score (nSPS) is 20.9. The van der Waals surface area contributed by atoms with E-state index in [1.807, 2.05) is 13.8 Å². The quantitative estimate of drug-likeness (QED) is 0.819. The Morgan fingerprint density at radius 1 is 1.09 bits per heavy atom. The molecule has 3 heterocycles. The maximum Gasteiger partial charge on any atom is 0.169 e. The molecular formula is C16H23N5O. The van der Waals surface area contributed by atoms with Crippen LogP contribution in [0.5, 0.6) is 0 Å². The molecule has 0 bridgehead atoms. The number of rotatable bonds is 2. The van der Waals surface area contributed by atoms with Crippen LogP contribution in [0.25, 0.3) is 0 Å². The van der Waals surface area contributed by atoms with Crippen molar-refractivity contribution >= 4 is 5.82 Å². The number of anilines is 1. The van der Waals surface area contributed by atoms with Gasteiger partial charge in [-0.2, -0.15) is 10.4 Å². The van der Waals surface area contributed by atoms with Crippen LogP contribution < -0.4 is 4.90 Å². The standard InChI is InChI=1S/C16H23N5O/c1-12-13(2)18-19-16(15(12)11-17)21-5-3-14(4-6-21)20-7-9-22-10-8-20/h14H,3-10H2,1-2H3. The summed E-state index contributed by atoms with van der Waals surface area (Å²) in [6.45, 7) is 9.50. The monoisotopic (exact) mass is 301 g/mol. The van der Waals surface area contributed by atoms with E-state index in [0.717, 1.165) is 69.3 Å². The first kappa shape index (κ1) is 15.2. The first-order chi connectivity index (χ1) is 10.7. The Labute approximate surface area is 131 Å². The highest BCUT2D eigenvalue weighted by Gasteiger charge is 2.28. The highest BCUT2D eigenvalue weighted by Crippen LogP contribution is 2.26. The van der Waals surface area contributed by atoms with Crippen molar-refractivity contribution < 1.29 is 4.74 Å². The topological polar surface area (TPSA) is 65.3 Å². The van der Waals surface area contributed by atoms with Crippen molar-refractivity contribution in [3.05, 3.63) is 16.8 Å². The first-order valence-corrected chi connectivity index (χ1v) is 8.01. The molecule has 0 aliphatic carbocycles. The molecule has 118 valence electrons. The Hall–Kier alpha value is -1.71. The molecule has 0 radical (unpaired) electrons. The number of hydrogen-bond acceptors (Lipinski definition) is 6. The van der Waals surface area contributed by atoms with Gasteiger partial charge >= 0.3 is 0 Å². The zero-order chi connectivity index (χ0) is 15.5. The van der Waals surface area contributed by atoms with Crippen LogP contribution in [0.2, 0.25) is 0 Å². The molecule has 0 spiro atoms. The van der Waals surface area contributed by atoms with Crippen LogP contribution in [0.4, 0.5) is 5.82 Å². The van der Waals surface area contributed by atoms with E-state index in [-0.39, 0.29) is 0 Å². The number of nitriles is 1. The molecule has 0 atom stereocenters. The lowest BCUT2D eigenvalue weighted by molar-refractivity contribution is 0.0114. The van der Waals surface area contributed by atoms with Crippen molar-refractivity contribution in [3.63, 3.8) is 0 Å². The molecule has 6 nitrogen and oxygen atoms in total. The summed E-state index contributed by atoms with van der Waals surface area (Å²) < 4.78 is 5.43. The van der Waals surface area contributed by atoms with Crippen LogP contribution in [-0.2, 0) is 4.74 Å². The zero-order valence-corrected chi connectivity index (χ0v) is 13.4. The van der Waals surface area contributed by atoms with Gasteiger partial charge in [-0.3, -0.25) is 4.90 Å². The average molecular weight is 301 g/mol. The van der Waals surface area contributed by atoms with Crippen LogP contribution in [0.3, 0.4) is 0 Å². The third-order valence-corrected chi connectivity index (χ3v) is 4.87. The molecule has 0 aromatic carbocycles. The van der Waals surface area contributed by atoms with E-state index in [1.54, 1.807) is 0 Å². The van der Waals surface area contributed by atoms with Crippen LogP contribution in [0, 0.1) is 25.2 Å². The lowest BCUT2D eigenvalue weighted by atomic mass is 10.0. The zero-order valence-electron chi connectivity index (χ0n) is 13.4. The summed E-state index contributed by atoms with van der Waals surface area (Å²) >= 11 is 0. The van der Waals surface area contributed by atoms with Gasteiger partial charge < -0.3 is 9.64 Å². The van der Waals surface area contributed by atoms with Gasteiger partial charge in [0.25, 0.3) is 0 Å². The minimum absolute atomic E-state index is 0.630. The summed E-state index contributed by atoms with van der Waals surface area (Å²) in [6, 6.07) is 2.94. The van der Waals surface area contributed by atoms with Gasteiger partial charge in [-0.15, -0.1) is 5.10 Å². The van der Waals surface area contributed by atoms with E-state index in [0.29, 0.717) is 11.6 Å². The summed E-state index contributed by atoms with van der Waals surface area (Å²) in [4.78, 5) is 4.76. The molecule has 0 amide bonds. The lowest BCUT2D eigenvalue weighted by Gasteiger charge is -2.40. The summed E-state index contributed by atoms with van der Waals surface area (Å²) in [5.41, 5.74) is 2.46. The Morgan fingerprint density at radius 3 is 2.41 bits per heavy atom. The van der Waals surface area contributed by atoms with Crippen molar-refractivity contribution in [1.82, 2.24) is 15.1 Å². The van der Waals surface area contributed by atoms with Gasteiger partial charge in [0.15, 0.2) is 5.82 Å². The molecule has 6 heteroatoms. The first-order valence-electron chi connectivity index (χ1n) is 8.01. The highest BCUT2D eigenvalue weighted by atomic mass is 16.5. The number of nitrogens with zero attached hydrogens (tertiary/aromatic N) is 5. The molecule has 0 unspecified atom stereocenters. The molecule has 0 saturated carbocycles. The predicted molar refractivity (Wildman–Crippen MR) is 83.8 cm³/mol. The van der Waals surface area contributed by atoms with Crippen LogP contribution in [0.15, 0.2) is 0 Å². The number of piperidine rings is 1. The molecule has 0 N–H and O–H groups in total. The van der Waals surface area contributed by atoms with E-state index >= 15 is 0 Å². The number of ether oxygens (including phenoxy) is 1. The number of aromatic nitrogens is 2. The smallest absolute Gasteiger partial charge is 0.169 e. The van der Waals surface area contributed by atoms with Crippen LogP contribution in [0.1, 0.15) is 29.7 Å². The molecule has 3 rings (SSSR count). The fraction of sp³-hybridized carbons (Fsp3) is 0.688. The van der Waals surface area contributed by atoms with Crippen molar-refractivity contribution in [2.24, 2.45) is 0 Å². The molecule has 2 saturated heterocycles. The molecule has 1 aromatic rings. The van der Waals surface area contributed by atoms with Crippen LogP contribution >= 0.6 is 0 Å². The van der Waals surface area contributed by atoms with Crippen molar-refractivity contribution in [1.29, 1.82) is 5.26 Å². The van der Waals surface area contributed by atoms with Gasteiger partial charge in [0, 0.05) is 32.2 Å². The van der Waals surface area contributed by atoms with Gasteiger partial charge in [0.2, 0.25) is 0 Å². The molecule has 2 aliphatic rings. The fourth-order valence-corrected chi connectivity index (χ4v) is 3.34. The Morgan fingerprint density at radius 2 is 1.77 bits per heavy atom. The second-order valence-electron chi connectivity index (χ2n) is 6.09. The number of morpholine rings is 1. The Balaban J connectivity index is 1.69. The van der Waals surface area contributed by atoms with E-state index < -0.39 is 0 Å². The summed E-state index contributed by atoms with van der Waals surface area (Å²) in [7, 11) is 0. The van der Waals surface area contributed by atoms with E-state index in [1.165, 1.54) is 0 Å². The lowest BCUT2D eigenvalue weighted by Crippen LogP contribution is -2.49. The number of aryl methyl sites for hydroxylation is 1. The minimum atomic E-state index is 0.630. The largest absolute Gasteiger partial charge is 0.379 e. The van der Waals surface area contributed by atoms with Crippen molar-refractivity contribution in [3.8, 4) is 6.07 Å². The molecule has 22 heavy (non-hydrogen) atoms. The number of hydrogen-bond donors (Lipinski definition) is 0. The molecular weight excluding hydrogens is 278 g/mol. The molecule has 2 fully saturated rings. The Kier molecular flexibility index (Phi) is 4.55. The van der Waals surface area contributed by atoms with Crippen LogP contribution in [-0.4, -0.2) is 60.5 Å². The fourth-order valence-electron chi connectivity index (χ4n) is 3.34. The molecule has 1 aromatic heterocycles. The SMILES string of the molecule is Cc1nnc(N2CCC(N3CCOCC3)CC2)c(C#N)c1C. The second kappa shape index (κ2) is 6.59. The second-order valence-corrected chi connectivity index (χ2v) is 6.09. The summed E-state index contributed by atoms with van der Waals surface area (Å²) in [5.74, 6) is 0.756. The van der Waals surface area contributed by atoms with E-state index in [4.69, 9.17) is 4.74 Å². The highest BCUT2D eigenvalue weighted by molar-refractivity contribution is 5.57. The molecule has 2 aliphatic heterocycles. The minimum Gasteiger partial charge on any atom is -0.379 e. The third kappa shape index (κ3) is 2.92.